The van der Waals surface area contributed by atoms with Gasteiger partial charge in [-0.25, -0.2) is 0 Å². The Hall–Kier alpha value is -1.62. The maximum Gasteiger partial charge on any atom is 0.311 e. The fraction of sp³-hybridized carbons (Fsp3) is 0.333. The summed E-state index contributed by atoms with van der Waals surface area (Å²) < 4.78 is 2.72. The smallest absolute Gasteiger partial charge is 0.311 e. The van der Waals surface area contributed by atoms with Crippen LogP contribution in [-0.4, -0.2) is 20.9 Å². The van der Waals surface area contributed by atoms with E-state index in [2.05, 4.69) is 21.0 Å². The fourth-order valence-corrected chi connectivity index (χ4v) is 2.45. The van der Waals surface area contributed by atoms with Gasteiger partial charge < -0.3 is 5.11 Å². The zero-order chi connectivity index (χ0) is 14.7. The van der Waals surface area contributed by atoms with Crippen molar-refractivity contribution in [1.29, 1.82) is 0 Å². The number of halogens is 1. The zero-order valence-corrected chi connectivity index (χ0v) is 13.1. The molecule has 0 fully saturated rings. The highest BCUT2D eigenvalue weighted by molar-refractivity contribution is 9.10. The monoisotopic (exact) mass is 336 g/mol. The molecule has 2 aromatic rings. The molecule has 1 N–H and O–H groups in total. The van der Waals surface area contributed by atoms with Gasteiger partial charge in [-0.3, -0.25) is 9.48 Å². The van der Waals surface area contributed by atoms with E-state index in [-0.39, 0.29) is 0 Å². The Morgan fingerprint density at radius 1 is 1.40 bits per heavy atom. The molecule has 1 heterocycles. The molecule has 0 aliphatic carbocycles. The Bertz CT molecular complexity index is 605. The second kappa shape index (κ2) is 6.22. The van der Waals surface area contributed by atoms with E-state index in [0.717, 1.165) is 27.8 Å². The largest absolute Gasteiger partial charge is 0.481 e. The number of aliphatic carboxylic acids is 1. The van der Waals surface area contributed by atoms with Gasteiger partial charge in [0.25, 0.3) is 0 Å². The minimum atomic E-state index is -0.813. The number of hydrogen-bond acceptors (Lipinski definition) is 2. The number of carboxylic acid groups (broad SMARTS) is 1. The number of aryl methyl sites for hydroxylation is 2. The average Bonchev–Trinajstić information content (AvgIpc) is 2.77. The van der Waals surface area contributed by atoms with Crippen LogP contribution < -0.4 is 0 Å². The summed E-state index contributed by atoms with van der Waals surface area (Å²) in [6.07, 6.45) is 1.30. The zero-order valence-electron chi connectivity index (χ0n) is 11.5. The highest BCUT2D eigenvalue weighted by Gasteiger charge is 2.22. The number of carboxylic acids is 1. The number of aromatic nitrogens is 2. The van der Waals surface area contributed by atoms with E-state index in [9.17, 15) is 9.90 Å². The van der Waals surface area contributed by atoms with E-state index in [1.807, 2.05) is 44.3 Å². The normalized spacial score (nSPS) is 12.3. The number of hydrogen-bond donors (Lipinski definition) is 1. The van der Waals surface area contributed by atoms with E-state index in [1.54, 1.807) is 4.68 Å². The Morgan fingerprint density at radius 3 is 2.55 bits per heavy atom. The lowest BCUT2D eigenvalue weighted by atomic mass is 9.94. The summed E-state index contributed by atoms with van der Waals surface area (Å²) in [6, 6.07) is 9.41. The molecule has 0 bridgehead atoms. The van der Waals surface area contributed by atoms with Crippen LogP contribution in [0.25, 0.3) is 0 Å². The van der Waals surface area contributed by atoms with Crippen molar-refractivity contribution in [3.05, 3.63) is 51.8 Å². The minimum absolute atomic E-state index is 0.445. The van der Waals surface area contributed by atoms with Crippen molar-refractivity contribution >= 4 is 21.9 Å². The molecule has 0 amide bonds. The summed E-state index contributed by atoms with van der Waals surface area (Å²) in [6.45, 7) is 2.04. The highest BCUT2D eigenvalue weighted by atomic mass is 79.9. The van der Waals surface area contributed by atoms with Crippen molar-refractivity contribution in [2.45, 2.75) is 25.7 Å². The van der Waals surface area contributed by atoms with Gasteiger partial charge in [-0.2, -0.15) is 5.10 Å². The fourth-order valence-electron chi connectivity index (χ4n) is 2.19. The van der Waals surface area contributed by atoms with Crippen LogP contribution >= 0.6 is 15.9 Å². The number of rotatable bonds is 5. The van der Waals surface area contributed by atoms with Crippen LogP contribution in [0.4, 0.5) is 0 Å². The lowest BCUT2D eigenvalue weighted by Gasteiger charge is -2.13. The molecule has 1 atom stereocenters. The quantitative estimate of drug-likeness (QED) is 0.912. The molecule has 0 saturated heterocycles. The van der Waals surface area contributed by atoms with Crippen molar-refractivity contribution in [1.82, 2.24) is 9.78 Å². The standard InChI is InChI=1S/C15H17BrN2O2/c1-3-12-8-13(18(2)17-12)9-14(15(19)20)10-4-6-11(16)7-5-10/h4-8,14H,3,9H2,1-2H3,(H,19,20). The summed E-state index contributed by atoms with van der Waals surface area (Å²) in [4.78, 5) is 11.5. The predicted octanol–water partition coefficient (Wildman–Crippen LogP) is 3.16. The van der Waals surface area contributed by atoms with Gasteiger partial charge >= 0.3 is 5.97 Å². The van der Waals surface area contributed by atoms with Crippen LogP contribution in [0.2, 0.25) is 0 Å². The molecular weight excluding hydrogens is 320 g/mol. The van der Waals surface area contributed by atoms with Gasteiger partial charge in [0.05, 0.1) is 11.6 Å². The van der Waals surface area contributed by atoms with Gasteiger partial charge in [-0.1, -0.05) is 35.0 Å². The molecule has 4 nitrogen and oxygen atoms in total. The summed E-state index contributed by atoms with van der Waals surface area (Å²) in [5.41, 5.74) is 2.74. The van der Waals surface area contributed by atoms with Crippen LogP contribution in [0.5, 0.6) is 0 Å². The van der Waals surface area contributed by atoms with Crippen molar-refractivity contribution in [3.8, 4) is 0 Å². The van der Waals surface area contributed by atoms with Gasteiger partial charge in [-0.15, -0.1) is 0 Å². The third-order valence-electron chi connectivity index (χ3n) is 3.37. The van der Waals surface area contributed by atoms with Crippen LogP contribution in [0, 0.1) is 0 Å². The predicted molar refractivity (Wildman–Crippen MR) is 80.8 cm³/mol. The number of nitrogens with zero attached hydrogens (tertiary/aromatic N) is 2. The summed E-state index contributed by atoms with van der Waals surface area (Å²) >= 11 is 3.36. The number of benzene rings is 1. The highest BCUT2D eigenvalue weighted by Crippen LogP contribution is 2.23. The van der Waals surface area contributed by atoms with Crippen LogP contribution in [0.3, 0.4) is 0 Å². The lowest BCUT2D eigenvalue weighted by Crippen LogP contribution is -2.16. The van der Waals surface area contributed by atoms with Gasteiger partial charge in [0.1, 0.15) is 0 Å². The van der Waals surface area contributed by atoms with E-state index >= 15 is 0 Å². The van der Waals surface area contributed by atoms with E-state index in [1.165, 1.54) is 0 Å². The van der Waals surface area contributed by atoms with Crippen LogP contribution in [0.15, 0.2) is 34.8 Å². The Morgan fingerprint density at radius 2 is 2.05 bits per heavy atom. The first-order chi connectivity index (χ1) is 9.51. The summed E-state index contributed by atoms with van der Waals surface area (Å²) in [7, 11) is 1.86. The molecule has 0 spiro atoms. The van der Waals surface area contributed by atoms with Crippen molar-refractivity contribution in [2.75, 3.05) is 0 Å². The van der Waals surface area contributed by atoms with Gasteiger partial charge in [0, 0.05) is 23.6 Å². The Balaban J connectivity index is 2.27. The molecule has 0 radical (unpaired) electrons. The average molecular weight is 337 g/mol. The SMILES string of the molecule is CCc1cc(CC(C(=O)O)c2ccc(Br)cc2)n(C)n1. The molecule has 0 aliphatic rings. The third kappa shape index (κ3) is 3.28. The molecule has 1 unspecified atom stereocenters. The van der Waals surface area contributed by atoms with Crippen molar-refractivity contribution in [3.63, 3.8) is 0 Å². The Labute approximate surface area is 126 Å². The van der Waals surface area contributed by atoms with E-state index < -0.39 is 11.9 Å². The summed E-state index contributed by atoms with van der Waals surface area (Å²) in [5, 5.41) is 13.8. The molecule has 2 rings (SSSR count). The molecular formula is C15H17BrN2O2. The first-order valence-electron chi connectivity index (χ1n) is 6.51. The molecule has 20 heavy (non-hydrogen) atoms. The van der Waals surface area contributed by atoms with Gasteiger partial charge in [-0.05, 0) is 30.2 Å². The second-order valence-corrected chi connectivity index (χ2v) is 5.67. The molecule has 1 aromatic heterocycles. The second-order valence-electron chi connectivity index (χ2n) is 4.75. The minimum Gasteiger partial charge on any atom is -0.481 e. The van der Waals surface area contributed by atoms with Crippen LogP contribution in [-0.2, 0) is 24.7 Å². The maximum atomic E-state index is 11.5. The first-order valence-corrected chi connectivity index (χ1v) is 7.30. The van der Waals surface area contributed by atoms with Crippen LogP contribution in [0.1, 0.15) is 29.8 Å². The van der Waals surface area contributed by atoms with Crippen molar-refractivity contribution in [2.24, 2.45) is 7.05 Å². The lowest BCUT2D eigenvalue weighted by molar-refractivity contribution is -0.138. The number of carbonyl (C=O) groups is 1. The third-order valence-corrected chi connectivity index (χ3v) is 3.90. The molecule has 1 aromatic carbocycles. The molecule has 0 aliphatic heterocycles. The van der Waals surface area contributed by atoms with Crippen molar-refractivity contribution < 1.29 is 9.90 Å². The maximum absolute atomic E-state index is 11.5. The van der Waals surface area contributed by atoms with Gasteiger partial charge in [0.15, 0.2) is 0 Å². The summed E-state index contributed by atoms with van der Waals surface area (Å²) in [5.74, 6) is -1.37. The molecule has 106 valence electrons. The van der Waals surface area contributed by atoms with E-state index in [4.69, 9.17) is 0 Å². The molecule has 5 heteroatoms. The molecule has 0 saturated carbocycles. The first kappa shape index (κ1) is 14.8. The Kier molecular flexibility index (Phi) is 4.60. The van der Waals surface area contributed by atoms with E-state index in [0.29, 0.717) is 6.42 Å². The van der Waals surface area contributed by atoms with Gasteiger partial charge in [0.2, 0.25) is 0 Å². The topological polar surface area (TPSA) is 55.1 Å².